The average Bonchev–Trinajstić information content (AvgIpc) is 2.93. The Hall–Kier alpha value is -1.68. The number of nitrogens with one attached hydrogen (secondary N) is 1. The smallest absolute Gasteiger partial charge is 0.138 e. The molecule has 1 aliphatic rings. The second kappa shape index (κ2) is 4.53. The van der Waals surface area contributed by atoms with E-state index in [4.69, 9.17) is 0 Å². The van der Waals surface area contributed by atoms with E-state index in [0.29, 0.717) is 12.0 Å². The van der Waals surface area contributed by atoms with E-state index in [2.05, 4.69) is 39.7 Å². The third-order valence-corrected chi connectivity index (χ3v) is 3.90. The molecule has 2 atom stereocenters. The zero-order valence-electron chi connectivity index (χ0n) is 10.8. The van der Waals surface area contributed by atoms with Crippen LogP contribution in [-0.2, 0) is 19.9 Å². The van der Waals surface area contributed by atoms with Crippen molar-refractivity contribution in [3.63, 3.8) is 0 Å². The van der Waals surface area contributed by atoms with Crippen molar-refractivity contribution in [2.75, 3.05) is 7.05 Å². The van der Waals surface area contributed by atoms with E-state index in [-0.39, 0.29) is 0 Å². The molecule has 0 aliphatic heterocycles. The van der Waals surface area contributed by atoms with Gasteiger partial charge in [0.1, 0.15) is 12.2 Å². The van der Waals surface area contributed by atoms with Gasteiger partial charge < -0.3 is 5.32 Å². The van der Waals surface area contributed by atoms with Crippen LogP contribution in [-0.4, -0.2) is 21.8 Å². The summed E-state index contributed by atoms with van der Waals surface area (Å²) in [6.07, 6.45) is 3.72. The molecule has 18 heavy (non-hydrogen) atoms. The van der Waals surface area contributed by atoms with Crippen LogP contribution in [0.3, 0.4) is 0 Å². The molecular formula is C14H18N4. The third kappa shape index (κ3) is 1.82. The predicted molar refractivity (Wildman–Crippen MR) is 70.1 cm³/mol. The predicted octanol–water partition coefficient (Wildman–Crippen LogP) is 1.49. The summed E-state index contributed by atoms with van der Waals surface area (Å²) >= 11 is 0. The van der Waals surface area contributed by atoms with Crippen LogP contribution in [0.5, 0.6) is 0 Å². The van der Waals surface area contributed by atoms with Gasteiger partial charge in [-0.05, 0) is 30.5 Å². The first-order valence-corrected chi connectivity index (χ1v) is 6.37. The normalized spacial score (nSPS) is 22.1. The third-order valence-electron chi connectivity index (χ3n) is 3.90. The van der Waals surface area contributed by atoms with E-state index in [1.54, 1.807) is 6.33 Å². The average molecular weight is 242 g/mol. The fraction of sp³-hybridized carbons (Fsp3) is 0.429. The Kier molecular flexibility index (Phi) is 2.88. The van der Waals surface area contributed by atoms with E-state index in [0.717, 1.165) is 18.7 Å². The summed E-state index contributed by atoms with van der Waals surface area (Å²) < 4.78 is 1.87. The van der Waals surface area contributed by atoms with Gasteiger partial charge in [0.2, 0.25) is 0 Å². The second-order valence-corrected chi connectivity index (χ2v) is 4.93. The quantitative estimate of drug-likeness (QED) is 0.886. The van der Waals surface area contributed by atoms with E-state index < -0.39 is 0 Å². The summed E-state index contributed by atoms with van der Waals surface area (Å²) in [5.74, 6) is 1.63. The molecule has 1 heterocycles. The van der Waals surface area contributed by atoms with Crippen molar-refractivity contribution in [3.8, 4) is 0 Å². The topological polar surface area (TPSA) is 42.7 Å². The van der Waals surface area contributed by atoms with Crippen molar-refractivity contribution in [2.45, 2.75) is 18.9 Å². The lowest BCUT2D eigenvalue weighted by molar-refractivity contribution is 0.397. The highest BCUT2D eigenvalue weighted by atomic mass is 15.3. The number of hydrogen-bond donors (Lipinski definition) is 1. The Morgan fingerprint density at radius 3 is 2.94 bits per heavy atom. The number of aromatic nitrogens is 3. The molecule has 4 heteroatoms. The van der Waals surface area contributed by atoms with Gasteiger partial charge in [-0.25, -0.2) is 4.98 Å². The van der Waals surface area contributed by atoms with Gasteiger partial charge in [0.05, 0.1) is 0 Å². The minimum Gasteiger partial charge on any atom is -0.313 e. The Morgan fingerprint density at radius 2 is 2.22 bits per heavy atom. The van der Waals surface area contributed by atoms with Crippen molar-refractivity contribution in [2.24, 2.45) is 13.0 Å². The fourth-order valence-corrected chi connectivity index (χ4v) is 3.00. The van der Waals surface area contributed by atoms with Crippen LogP contribution >= 0.6 is 0 Å². The van der Waals surface area contributed by atoms with Crippen molar-refractivity contribution in [1.82, 2.24) is 20.1 Å². The van der Waals surface area contributed by atoms with Crippen LogP contribution in [0, 0.1) is 5.92 Å². The first-order chi connectivity index (χ1) is 8.79. The van der Waals surface area contributed by atoms with Gasteiger partial charge in [-0.3, -0.25) is 4.68 Å². The molecule has 3 rings (SSSR count). The summed E-state index contributed by atoms with van der Waals surface area (Å²) in [4.78, 5) is 4.33. The Labute approximate surface area is 107 Å². The molecule has 0 bridgehead atoms. The summed E-state index contributed by atoms with van der Waals surface area (Å²) in [5.41, 5.74) is 2.90. The van der Waals surface area contributed by atoms with Crippen LogP contribution in [0.4, 0.5) is 0 Å². The lowest BCUT2D eigenvalue weighted by Crippen LogP contribution is -2.24. The van der Waals surface area contributed by atoms with Crippen LogP contribution in [0.2, 0.25) is 0 Å². The number of benzene rings is 1. The van der Waals surface area contributed by atoms with E-state index in [1.807, 2.05) is 18.8 Å². The maximum atomic E-state index is 4.33. The lowest BCUT2D eigenvalue weighted by atomic mass is 9.97. The standard InChI is InChI=1S/C14H18N4/c1-15-14-11(8-13-16-9-17-18(13)2)7-10-5-3-4-6-12(10)14/h3-6,9,11,14-15H,7-8H2,1-2H3. The van der Waals surface area contributed by atoms with Crippen LogP contribution in [0.15, 0.2) is 30.6 Å². The fourth-order valence-electron chi connectivity index (χ4n) is 3.00. The Balaban J connectivity index is 1.85. The van der Waals surface area contributed by atoms with Crippen molar-refractivity contribution >= 4 is 0 Å². The molecule has 94 valence electrons. The number of fused-ring (bicyclic) bond motifs is 1. The molecule has 1 aliphatic carbocycles. The molecule has 0 amide bonds. The minimum absolute atomic E-state index is 0.429. The number of hydrogen-bond acceptors (Lipinski definition) is 3. The van der Waals surface area contributed by atoms with Gasteiger partial charge in [-0.2, -0.15) is 5.10 Å². The molecule has 0 spiro atoms. The number of aryl methyl sites for hydroxylation is 1. The first kappa shape index (κ1) is 11.4. The summed E-state index contributed by atoms with van der Waals surface area (Å²) in [6, 6.07) is 9.13. The zero-order chi connectivity index (χ0) is 12.5. The van der Waals surface area contributed by atoms with Crippen LogP contribution in [0.1, 0.15) is 23.0 Å². The molecule has 2 unspecified atom stereocenters. The van der Waals surface area contributed by atoms with Gasteiger partial charge in [0.15, 0.2) is 0 Å². The number of rotatable bonds is 3. The van der Waals surface area contributed by atoms with Gasteiger partial charge in [0.25, 0.3) is 0 Å². The van der Waals surface area contributed by atoms with Crippen molar-refractivity contribution in [1.29, 1.82) is 0 Å². The Morgan fingerprint density at radius 1 is 1.39 bits per heavy atom. The summed E-state index contributed by atoms with van der Waals surface area (Å²) in [5, 5.41) is 7.59. The van der Waals surface area contributed by atoms with E-state index in [1.165, 1.54) is 11.1 Å². The molecule has 0 fully saturated rings. The maximum Gasteiger partial charge on any atom is 0.138 e. The van der Waals surface area contributed by atoms with Gasteiger partial charge in [-0.15, -0.1) is 0 Å². The maximum absolute atomic E-state index is 4.33. The number of nitrogens with zero attached hydrogens (tertiary/aromatic N) is 3. The molecule has 0 radical (unpaired) electrons. The van der Waals surface area contributed by atoms with Gasteiger partial charge >= 0.3 is 0 Å². The summed E-state index contributed by atoms with van der Waals surface area (Å²) in [6.45, 7) is 0. The monoisotopic (exact) mass is 242 g/mol. The van der Waals surface area contributed by atoms with Gasteiger partial charge in [0, 0.05) is 19.5 Å². The lowest BCUT2D eigenvalue weighted by Gasteiger charge is -2.19. The van der Waals surface area contributed by atoms with Crippen LogP contribution < -0.4 is 5.32 Å². The molecule has 1 N–H and O–H groups in total. The van der Waals surface area contributed by atoms with E-state index in [9.17, 15) is 0 Å². The second-order valence-electron chi connectivity index (χ2n) is 4.93. The molecule has 0 saturated heterocycles. The van der Waals surface area contributed by atoms with Gasteiger partial charge in [-0.1, -0.05) is 24.3 Å². The molecule has 1 aromatic heterocycles. The largest absolute Gasteiger partial charge is 0.313 e. The first-order valence-electron chi connectivity index (χ1n) is 6.37. The van der Waals surface area contributed by atoms with Crippen molar-refractivity contribution in [3.05, 3.63) is 47.5 Å². The highest BCUT2D eigenvalue weighted by Gasteiger charge is 2.31. The van der Waals surface area contributed by atoms with E-state index >= 15 is 0 Å². The van der Waals surface area contributed by atoms with Crippen molar-refractivity contribution < 1.29 is 0 Å². The highest BCUT2D eigenvalue weighted by molar-refractivity contribution is 5.36. The molecule has 1 aromatic carbocycles. The minimum atomic E-state index is 0.429. The molecule has 0 saturated carbocycles. The van der Waals surface area contributed by atoms with Crippen LogP contribution in [0.25, 0.3) is 0 Å². The summed E-state index contributed by atoms with van der Waals surface area (Å²) in [7, 11) is 4.00. The SMILES string of the molecule is CNC1c2ccccc2CC1Cc1ncnn1C. The molecule has 2 aromatic rings. The highest BCUT2D eigenvalue weighted by Crippen LogP contribution is 2.37. The zero-order valence-corrected chi connectivity index (χ0v) is 10.8. The molecule has 4 nitrogen and oxygen atoms in total. The molecular weight excluding hydrogens is 224 g/mol. The Bertz CT molecular complexity index is 546.